The van der Waals surface area contributed by atoms with Crippen LogP contribution >= 0.6 is 11.8 Å². The number of rotatable bonds is 5. The van der Waals surface area contributed by atoms with Crippen LogP contribution in [0.5, 0.6) is 0 Å². The van der Waals surface area contributed by atoms with Crippen LogP contribution in [0.4, 0.5) is 8.78 Å². The van der Waals surface area contributed by atoms with Gasteiger partial charge in [0.1, 0.15) is 22.2 Å². The highest BCUT2D eigenvalue weighted by Gasteiger charge is 2.33. The predicted molar refractivity (Wildman–Crippen MR) is 116 cm³/mol. The molecule has 2 heterocycles. The Morgan fingerprint density at radius 3 is 2.28 bits per heavy atom. The van der Waals surface area contributed by atoms with Crippen LogP contribution in [-0.4, -0.2) is 65.5 Å². The lowest BCUT2D eigenvalue weighted by Gasteiger charge is -2.34. The Balaban J connectivity index is 1.54. The first-order chi connectivity index (χ1) is 15.3. The molecule has 0 unspecified atom stereocenters. The van der Waals surface area contributed by atoms with Gasteiger partial charge in [-0.1, -0.05) is 23.9 Å². The molecule has 1 amide bonds. The molecule has 0 N–H and O–H groups in total. The summed E-state index contributed by atoms with van der Waals surface area (Å²) in [7, 11) is -4.00. The van der Waals surface area contributed by atoms with Crippen molar-refractivity contribution in [2.45, 2.75) is 10.1 Å². The van der Waals surface area contributed by atoms with Gasteiger partial charge >= 0.3 is 0 Å². The first-order valence-corrected chi connectivity index (χ1v) is 12.4. The van der Waals surface area contributed by atoms with Crippen LogP contribution in [0.25, 0.3) is 5.69 Å². The molecular weight excluding hydrogens is 458 g/mol. The molecule has 2 aromatic carbocycles. The minimum atomic E-state index is -4.00. The molecule has 1 aromatic heterocycles. The number of carbonyl (C=O) groups excluding carboxylic acids is 1. The number of benzene rings is 2. The highest BCUT2D eigenvalue weighted by molar-refractivity contribution is 7.98. The van der Waals surface area contributed by atoms with Crippen molar-refractivity contribution in [1.82, 2.24) is 18.8 Å². The number of piperazine rings is 1. The lowest BCUT2D eigenvalue weighted by Crippen LogP contribution is -2.50. The molecular formula is C21H20F2N4O3S2. The van der Waals surface area contributed by atoms with E-state index < -0.39 is 15.8 Å². The smallest absolute Gasteiger partial charge is 0.272 e. The van der Waals surface area contributed by atoms with Gasteiger partial charge in [0.25, 0.3) is 5.91 Å². The van der Waals surface area contributed by atoms with Crippen LogP contribution in [0.2, 0.25) is 0 Å². The summed E-state index contributed by atoms with van der Waals surface area (Å²) in [6, 6.07) is 11.0. The van der Waals surface area contributed by atoms with Crippen LogP contribution in [0.15, 0.2) is 64.8 Å². The second-order valence-electron chi connectivity index (χ2n) is 7.07. The van der Waals surface area contributed by atoms with Crippen LogP contribution in [0, 0.1) is 11.6 Å². The Hall–Kier alpha value is -2.76. The zero-order chi connectivity index (χ0) is 22.9. The van der Waals surface area contributed by atoms with Gasteiger partial charge in [0.2, 0.25) is 10.0 Å². The van der Waals surface area contributed by atoms with Crippen molar-refractivity contribution in [1.29, 1.82) is 0 Å². The molecule has 4 rings (SSSR count). The summed E-state index contributed by atoms with van der Waals surface area (Å²) in [5.74, 6) is -1.51. The Bertz CT molecular complexity index is 1240. The van der Waals surface area contributed by atoms with Crippen LogP contribution in [0.3, 0.4) is 0 Å². The van der Waals surface area contributed by atoms with Crippen molar-refractivity contribution >= 4 is 27.7 Å². The molecule has 7 nitrogen and oxygen atoms in total. The maximum Gasteiger partial charge on any atom is 0.272 e. The molecule has 3 aromatic rings. The van der Waals surface area contributed by atoms with Gasteiger partial charge in [-0.25, -0.2) is 22.2 Å². The molecule has 32 heavy (non-hydrogen) atoms. The molecule has 0 atom stereocenters. The van der Waals surface area contributed by atoms with Crippen molar-refractivity contribution in [3.8, 4) is 5.69 Å². The predicted octanol–water partition coefficient (Wildman–Crippen LogP) is 3.02. The number of sulfonamides is 1. The number of nitrogens with zero attached hydrogens (tertiary/aromatic N) is 4. The van der Waals surface area contributed by atoms with E-state index in [-0.39, 0.29) is 42.8 Å². The highest BCUT2D eigenvalue weighted by Crippen LogP contribution is 2.25. The minimum Gasteiger partial charge on any atom is -0.335 e. The molecule has 0 spiro atoms. The van der Waals surface area contributed by atoms with Crippen molar-refractivity contribution in [3.63, 3.8) is 0 Å². The van der Waals surface area contributed by atoms with Crippen LogP contribution in [-0.2, 0) is 10.0 Å². The average molecular weight is 479 g/mol. The molecule has 0 bridgehead atoms. The number of thioether (sulfide) groups is 1. The topological polar surface area (TPSA) is 75.5 Å². The van der Waals surface area contributed by atoms with Gasteiger partial charge in [-0.3, -0.25) is 9.36 Å². The third-order valence-corrected chi connectivity index (χ3v) is 7.78. The van der Waals surface area contributed by atoms with Gasteiger partial charge in [-0.05, 0) is 42.7 Å². The maximum atomic E-state index is 14.0. The van der Waals surface area contributed by atoms with E-state index in [0.717, 1.165) is 6.07 Å². The number of hydrogen-bond acceptors (Lipinski definition) is 5. The third kappa shape index (κ3) is 4.15. The Morgan fingerprint density at radius 1 is 1.00 bits per heavy atom. The summed E-state index contributed by atoms with van der Waals surface area (Å²) in [6.45, 7) is 0.385. The lowest BCUT2D eigenvalue weighted by molar-refractivity contribution is 0.0689. The summed E-state index contributed by atoms with van der Waals surface area (Å²) in [4.78, 5) is 18.7. The molecule has 11 heteroatoms. The summed E-state index contributed by atoms with van der Waals surface area (Å²) in [5, 5.41) is 0.570. The first-order valence-electron chi connectivity index (χ1n) is 9.74. The molecule has 1 aliphatic rings. The quantitative estimate of drug-likeness (QED) is 0.527. The summed E-state index contributed by atoms with van der Waals surface area (Å²) >= 11 is 1.35. The molecule has 1 saturated heterocycles. The highest BCUT2D eigenvalue weighted by atomic mass is 32.2. The van der Waals surface area contributed by atoms with Crippen molar-refractivity contribution in [2.24, 2.45) is 0 Å². The van der Waals surface area contributed by atoms with E-state index in [4.69, 9.17) is 0 Å². The monoisotopic (exact) mass is 478 g/mol. The number of amides is 1. The van der Waals surface area contributed by atoms with E-state index in [2.05, 4.69) is 4.98 Å². The van der Waals surface area contributed by atoms with E-state index >= 15 is 0 Å². The van der Waals surface area contributed by atoms with Gasteiger partial charge in [0.15, 0.2) is 5.16 Å². The van der Waals surface area contributed by atoms with E-state index in [1.54, 1.807) is 16.7 Å². The number of hydrogen-bond donors (Lipinski definition) is 0. The average Bonchev–Trinajstić information content (AvgIpc) is 3.23. The zero-order valence-electron chi connectivity index (χ0n) is 17.1. The van der Waals surface area contributed by atoms with E-state index in [0.29, 0.717) is 16.5 Å². The maximum absolute atomic E-state index is 14.0. The Morgan fingerprint density at radius 2 is 1.66 bits per heavy atom. The molecule has 0 aliphatic carbocycles. The first kappa shape index (κ1) is 22.4. The minimum absolute atomic E-state index is 0.0441. The third-order valence-electron chi connectivity index (χ3n) is 5.20. The molecule has 168 valence electrons. The number of imidazole rings is 1. The van der Waals surface area contributed by atoms with Gasteiger partial charge in [-0.15, -0.1) is 0 Å². The Labute approximate surface area is 188 Å². The van der Waals surface area contributed by atoms with Crippen LogP contribution < -0.4 is 0 Å². The van der Waals surface area contributed by atoms with E-state index in [9.17, 15) is 22.0 Å². The van der Waals surface area contributed by atoms with Crippen LogP contribution in [0.1, 0.15) is 10.5 Å². The fourth-order valence-electron chi connectivity index (χ4n) is 3.56. The van der Waals surface area contributed by atoms with Gasteiger partial charge < -0.3 is 4.90 Å². The lowest BCUT2D eigenvalue weighted by atomic mass is 10.2. The van der Waals surface area contributed by atoms with Gasteiger partial charge in [0.05, 0.1) is 6.20 Å². The fourth-order valence-corrected chi connectivity index (χ4v) is 5.59. The number of carbonyl (C=O) groups is 1. The summed E-state index contributed by atoms with van der Waals surface area (Å²) in [6.07, 6.45) is 3.28. The second-order valence-corrected chi connectivity index (χ2v) is 9.75. The molecule has 0 saturated carbocycles. The normalized spacial score (nSPS) is 15.2. The zero-order valence-corrected chi connectivity index (χ0v) is 18.7. The number of halogens is 2. The second kappa shape index (κ2) is 9.00. The molecule has 1 aliphatic heterocycles. The standard InChI is InChI=1S/C21H20F2N4O3S2/c1-31-21-24-14-18(27(21)16-8-6-15(22)7-9-16)20(28)25-10-12-26(13-11-25)32(29,30)19-5-3-2-4-17(19)23/h2-9,14H,10-13H2,1H3. The summed E-state index contributed by atoms with van der Waals surface area (Å²) < 4.78 is 55.8. The van der Waals surface area contributed by atoms with Crippen molar-refractivity contribution in [3.05, 3.63) is 72.1 Å². The molecule has 1 fully saturated rings. The van der Waals surface area contributed by atoms with E-state index in [1.807, 2.05) is 6.26 Å². The Kier molecular flexibility index (Phi) is 6.31. The van der Waals surface area contributed by atoms with Crippen molar-refractivity contribution in [2.75, 3.05) is 32.4 Å². The van der Waals surface area contributed by atoms with Gasteiger partial charge in [-0.2, -0.15) is 4.31 Å². The van der Waals surface area contributed by atoms with E-state index in [1.165, 1.54) is 57.5 Å². The molecule has 0 radical (unpaired) electrons. The summed E-state index contributed by atoms with van der Waals surface area (Å²) in [5.41, 5.74) is 0.892. The van der Waals surface area contributed by atoms with Gasteiger partial charge in [0, 0.05) is 31.9 Å². The number of aromatic nitrogens is 2. The fraction of sp³-hybridized carbons (Fsp3) is 0.238. The SMILES string of the molecule is CSc1ncc(C(=O)N2CCN(S(=O)(=O)c3ccccc3F)CC2)n1-c1ccc(F)cc1. The van der Waals surface area contributed by atoms with Crippen molar-refractivity contribution < 1.29 is 22.0 Å². The largest absolute Gasteiger partial charge is 0.335 e.